The topological polar surface area (TPSA) is 75.4 Å². The SMILES string of the molecule is CC(=O)NC1CCCN(C(=O)CCN)C1. The molecule has 0 aromatic rings. The maximum Gasteiger partial charge on any atom is 0.223 e. The minimum Gasteiger partial charge on any atom is -0.352 e. The third-order valence-electron chi connectivity index (χ3n) is 2.54. The molecule has 1 fully saturated rings. The largest absolute Gasteiger partial charge is 0.352 e. The summed E-state index contributed by atoms with van der Waals surface area (Å²) in [5.41, 5.74) is 5.33. The normalized spacial score (nSPS) is 21.2. The predicted molar refractivity (Wildman–Crippen MR) is 57.1 cm³/mol. The molecule has 5 heteroatoms. The fourth-order valence-electron chi connectivity index (χ4n) is 1.89. The number of nitrogens with zero attached hydrogens (tertiary/aromatic N) is 1. The summed E-state index contributed by atoms with van der Waals surface area (Å²) < 4.78 is 0. The summed E-state index contributed by atoms with van der Waals surface area (Å²) in [7, 11) is 0. The van der Waals surface area contributed by atoms with Gasteiger partial charge in [-0.1, -0.05) is 0 Å². The molecular weight excluding hydrogens is 194 g/mol. The number of rotatable bonds is 3. The maximum atomic E-state index is 11.6. The first-order valence-electron chi connectivity index (χ1n) is 5.38. The third kappa shape index (κ3) is 3.87. The Kier molecular flexibility index (Phi) is 4.55. The van der Waals surface area contributed by atoms with Crippen LogP contribution in [0, 0.1) is 0 Å². The number of likely N-dealkylation sites (tertiary alicyclic amines) is 1. The zero-order valence-corrected chi connectivity index (χ0v) is 9.16. The van der Waals surface area contributed by atoms with E-state index in [0.29, 0.717) is 19.5 Å². The first kappa shape index (κ1) is 12.0. The first-order chi connectivity index (χ1) is 7.13. The van der Waals surface area contributed by atoms with Crippen LogP contribution in [0.3, 0.4) is 0 Å². The number of carbonyl (C=O) groups is 2. The van der Waals surface area contributed by atoms with Gasteiger partial charge in [0.05, 0.1) is 0 Å². The molecule has 0 aromatic carbocycles. The second kappa shape index (κ2) is 5.70. The van der Waals surface area contributed by atoms with Crippen molar-refractivity contribution in [2.24, 2.45) is 5.73 Å². The highest BCUT2D eigenvalue weighted by Crippen LogP contribution is 2.10. The average molecular weight is 213 g/mol. The minimum atomic E-state index is -0.0341. The zero-order chi connectivity index (χ0) is 11.3. The maximum absolute atomic E-state index is 11.6. The number of hydrogen-bond donors (Lipinski definition) is 2. The van der Waals surface area contributed by atoms with Crippen LogP contribution in [0.15, 0.2) is 0 Å². The number of hydrogen-bond acceptors (Lipinski definition) is 3. The second-order valence-electron chi connectivity index (χ2n) is 3.92. The van der Waals surface area contributed by atoms with Gasteiger partial charge in [-0.2, -0.15) is 0 Å². The van der Waals surface area contributed by atoms with Crippen LogP contribution in [0.2, 0.25) is 0 Å². The molecule has 1 rings (SSSR count). The van der Waals surface area contributed by atoms with Gasteiger partial charge in [0.15, 0.2) is 0 Å². The summed E-state index contributed by atoms with van der Waals surface area (Å²) in [5, 5.41) is 2.84. The summed E-state index contributed by atoms with van der Waals surface area (Å²) in [4.78, 5) is 24.2. The third-order valence-corrected chi connectivity index (χ3v) is 2.54. The summed E-state index contributed by atoms with van der Waals surface area (Å²) in [5.74, 6) is 0.0562. The molecule has 1 saturated heterocycles. The van der Waals surface area contributed by atoms with Gasteiger partial charge in [-0.25, -0.2) is 0 Å². The molecule has 1 aliphatic rings. The van der Waals surface area contributed by atoms with E-state index in [1.807, 2.05) is 0 Å². The molecule has 0 bridgehead atoms. The van der Waals surface area contributed by atoms with Crippen molar-refractivity contribution in [2.75, 3.05) is 19.6 Å². The molecule has 1 aliphatic heterocycles. The molecular formula is C10H19N3O2. The van der Waals surface area contributed by atoms with E-state index in [4.69, 9.17) is 5.73 Å². The van der Waals surface area contributed by atoms with Crippen LogP contribution in [0.1, 0.15) is 26.2 Å². The van der Waals surface area contributed by atoms with Gasteiger partial charge in [0.25, 0.3) is 0 Å². The van der Waals surface area contributed by atoms with Crippen molar-refractivity contribution in [3.05, 3.63) is 0 Å². The Morgan fingerprint density at radius 3 is 2.87 bits per heavy atom. The number of carbonyl (C=O) groups excluding carboxylic acids is 2. The van der Waals surface area contributed by atoms with E-state index < -0.39 is 0 Å². The first-order valence-corrected chi connectivity index (χ1v) is 5.38. The lowest BCUT2D eigenvalue weighted by Gasteiger charge is -2.33. The molecule has 0 radical (unpaired) electrons. The molecule has 15 heavy (non-hydrogen) atoms. The summed E-state index contributed by atoms with van der Waals surface area (Å²) in [6.07, 6.45) is 2.29. The minimum absolute atomic E-state index is 0.0341. The Labute approximate surface area is 90.0 Å². The van der Waals surface area contributed by atoms with Crippen molar-refractivity contribution >= 4 is 11.8 Å². The molecule has 0 spiro atoms. The van der Waals surface area contributed by atoms with Crippen molar-refractivity contribution in [1.29, 1.82) is 0 Å². The lowest BCUT2D eigenvalue weighted by molar-refractivity contribution is -0.133. The highest BCUT2D eigenvalue weighted by Gasteiger charge is 2.23. The quantitative estimate of drug-likeness (QED) is 0.661. The highest BCUT2D eigenvalue weighted by atomic mass is 16.2. The average Bonchev–Trinajstić information content (AvgIpc) is 2.17. The Balaban J connectivity index is 2.41. The van der Waals surface area contributed by atoms with Gasteiger partial charge in [-0.05, 0) is 12.8 Å². The fourth-order valence-corrected chi connectivity index (χ4v) is 1.89. The Hall–Kier alpha value is -1.10. The van der Waals surface area contributed by atoms with Gasteiger partial charge in [-0.15, -0.1) is 0 Å². The van der Waals surface area contributed by atoms with E-state index in [-0.39, 0.29) is 17.9 Å². The van der Waals surface area contributed by atoms with Gasteiger partial charge in [-0.3, -0.25) is 9.59 Å². The van der Waals surface area contributed by atoms with Crippen LogP contribution in [0.4, 0.5) is 0 Å². The molecule has 0 aromatic heterocycles. The standard InChI is InChI=1S/C10H19N3O2/c1-8(14)12-9-3-2-6-13(7-9)10(15)4-5-11/h9H,2-7,11H2,1H3,(H,12,14). The van der Waals surface area contributed by atoms with Gasteiger partial charge >= 0.3 is 0 Å². The van der Waals surface area contributed by atoms with E-state index in [1.54, 1.807) is 4.90 Å². The summed E-state index contributed by atoms with van der Waals surface area (Å²) in [6, 6.07) is 0.109. The summed E-state index contributed by atoms with van der Waals surface area (Å²) in [6.45, 7) is 3.30. The van der Waals surface area contributed by atoms with E-state index in [9.17, 15) is 9.59 Å². The number of nitrogens with one attached hydrogen (secondary N) is 1. The zero-order valence-electron chi connectivity index (χ0n) is 9.16. The molecule has 5 nitrogen and oxygen atoms in total. The molecule has 86 valence electrons. The van der Waals surface area contributed by atoms with Crippen molar-refractivity contribution in [1.82, 2.24) is 10.2 Å². The van der Waals surface area contributed by atoms with Crippen LogP contribution in [-0.4, -0.2) is 42.4 Å². The van der Waals surface area contributed by atoms with Crippen LogP contribution >= 0.6 is 0 Å². The van der Waals surface area contributed by atoms with Crippen molar-refractivity contribution in [3.63, 3.8) is 0 Å². The molecule has 3 N–H and O–H groups in total. The predicted octanol–water partition coefficient (Wildman–Crippen LogP) is -0.538. The highest BCUT2D eigenvalue weighted by molar-refractivity contribution is 5.77. The van der Waals surface area contributed by atoms with E-state index in [0.717, 1.165) is 19.4 Å². The second-order valence-corrected chi connectivity index (χ2v) is 3.92. The molecule has 1 heterocycles. The van der Waals surface area contributed by atoms with Crippen LogP contribution in [0.5, 0.6) is 0 Å². The van der Waals surface area contributed by atoms with Gasteiger partial charge in [0.1, 0.15) is 0 Å². The monoisotopic (exact) mass is 213 g/mol. The van der Waals surface area contributed by atoms with Crippen LogP contribution < -0.4 is 11.1 Å². The lowest BCUT2D eigenvalue weighted by Crippen LogP contribution is -2.49. The van der Waals surface area contributed by atoms with Crippen molar-refractivity contribution in [3.8, 4) is 0 Å². The molecule has 0 saturated carbocycles. The van der Waals surface area contributed by atoms with E-state index in [2.05, 4.69) is 5.32 Å². The van der Waals surface area contributed by atoms with Gasteiger partial charge in [0.2, 0.25) is 11.8 Å². The summed E-state index contributed by atoms with van der Waals surface area (Å²) >= 11 is 0. The molecule has 2 amide bonds. The fraction of sp³-hybridized carbons (Fsp3) is 0.800. The molecule has 0 aliphatic carbocycles. The Morgan fingerprint density at radius 2 is 2.27 bits per heavy atom. The van der Waals surface area contributed by atoms with Gasteiger partial charge < -0.3 is 16.0 Å². The lowest BCUT2D eigenvalue weighted by atomic mass is 10.1. The van der Waals surface area contributed by atoms with E-state index in [1.165, 1.54) is 6.92 Å². The number of piperidine rings is 1. The number of nitrogens with two attached hydrogens (primary N) is 1. The number of amides is 2. The Morgan fingerprint density at radius 1 is 1.53 bits per heavy atom. The van der Waals surface area contributed by atoms with E-state index >= 15 is 0 Å². The smallest absolute Gasteiger partial charge is 0.223 e. The van der Waals surface area contributed by atoms with Crippen molar-refractivity contribution in [2.45, 2.75) is 32.2 Å². The Bertz CT molecular complexity index is 243. The molecule has 1 atom stereocenters. The van der Waals surface area contributed by atoms with Crippen LogP contribution in [0.25, 0.3) is 0 Å². The van der Waals surface area contributed by atoms with Gasteiger partial charge in [0, 0.05) is 39.0 Å². The molecule has 1 unspecified atom stereocenters. The van der Waals surface area contributed by atoms with Crippen molar-refractivity contribution < 1.29 is 9.59 Å². The van der Waals surface area contributed by atoms with Crippen LogP contribution in [-0.2, 0) is 9.59 Å².